The Bertz CT molecular complexity index is 706. The Morgan fingerprint density at radius 2 is 2.17 bits per heavy atom. The number of hydrogen-bond donors (Lipinski definition) is 1. The molecule has 1 aliphatic carbocycles. The third kappa shape index (κ3) is 3.85. The van der Waals surface area contributed by atoms with Crippen molar-refractivity contribution in [2.45, 2.75) is 45.6 Å². The van der Waals surface area contributed by atoms with Gasteiger partial charge in [-0.2, -0.15) is 0 Å². The van der Waals surface area contributed by atoms with Gasteiger partial charge in [0.05, 0.1) is 5.69 Å². The van der Waals surface area contributed by atoms with Crippen LogP contribution in [0.15, 0.2) is 18.2 Å². The minimum Gasteiger partial charge on any atom is -0.481 e. The average Bonchev–Trinajstić information content (AvgIpc) is 2.92. The first-order chi connectivity index (χ1) is 11.0. The normalized spacial score (nSPS) is 14.9. The molecule has 0 saturated heterocycles. The van der Waals surface area contributed by atoms with Crippen LogP contribution in [0.5, 0.6) is 5.75 Å². The number of rotatable bonds is 4. The minimum atomic E-state index is -0.601. The number of nitrogens with zero attached hydrogens (tertiary/aromatic N) is 1. The Morgan fingerprint density at radius 3 is 2.91 bits per heavy atom. The summed E-state index contributed by atoms with van der Waals surface area (Å²) < 4.78 is 5.74. The van der Waals surface area contributed by atoms with E-state index in [1.807, 2.05) is 13.0 Å². The maximum absolute atomic E-state index is 12.3. The van der Waals surface area contributed by atoms with E-state index >= 15 is 0 Å². The van der Waals surface area contributed by atoms with E-state index in [1.165, 1.54) is 17.7 Å². The van der Waals surface area contributed by atoms with Crippen LogP contribution < -0.4 is 10.1 Å². The van der Waals surface area contributed by atoms with Crippen molar-refractivity contribution >= 4 is 34.0 Å². The van der Waals surface area contributed by atoms with Crippen molar-refractivity contribution in [2.24, 2.45) is 0 Å². The third-order valence-electron chi connectivity index (χ3n) is 3.89. The monoisotopic (exact) mass is 350 g/mol. The van der Waals surface area contributed by atoms with Gasteiger partial charge < -0.3 is 4.74 Å². The number of aryl methyl sites for hydroxylation is 3. The van der Waals surface area contributed by atoms with Crippen LogP contribution in [-0.2, 0) is 17.6 Å². The number of ether oxygens (including phenoxy) is 1. The van der Waals surface area contributed by atoms with Crippen LogP contribution in [-0.4, -0.2) is 17.0 Å². The molecule has 0 radical (unpaired) electrons. The smallest absolute Gasteiger partial charge is 0.266 e. The van der Waals surface area contributed by atoms with E-state index in [1.54, 1.807) is 30.4 Å². The van der Waals surface area contributed by atoms with Gasteiger partial charge in [0.1, 0.15) is 5.75 Å². The lowest BCUT2D eigenvalue weighted by Gasteiger charge is -2.15. The summed E-state index contributed by atoms with van der Waals surface area (Å²) in [6.45, 7) is 3.64. The SMILES string of the molecule is Cc1cc(Cl)ccc1O[C@@H](C)C(=O)Nc1nc2c(s1)CCCC2. The summed E-state index contributed by atoms with van der Waals surface area (Å²) in [5.41, 5.74) is 2.04. The van der Waals surface area contributed by atoms with Crippen molar-refractivity contribution < 1.29 is 9.53 Å². The fourth-order valence-corrected chi connectivity index (χ4v) is 3.88. The van der Waals surface area contributed by atoms with Crippen LogP contribution in [0.2, 0.25) is 5.02 Å². The van der Waals surface area contributed by atoms with Crippen LogP contribution in [0.1, 0.15) is 35.9 Å². The highest BCUT2D eigenvalue weighted by Crippen LogP contribution is 2.30. The molecule has 2 aromatic rings. The van der Waals surface area contributed by atoms with Gasteiger partial charge in [-0.05, 0) is 63.3 Å². The first-order valence-electron chi connectivity index (χ1n) is 7.75. The first-order valence-corrected chi connectivity index (χ1v) is 8.94. The van der Waals surface area contributed by atoms with Crippen LogP contribution in [0, 0.1) is 6.92 Å². The molecule has 23 heavy (non-hydrogen) atoms. The first kappa shape index (κ1) is 16.3. The van der Waals surface area contributed by atoms with Crippen LogP contribution in [0.4, 0.5) is 5.13 Å². The van der Waals surface area contributed by atoms with E-state index in [2.05, 4.69) is 10.3 Å². The maximum Gasteiger partial charge on any atom is 0.266 e. The lowest BCUT2D eigenvalue weighted by Crippen LogP contribution is -2.30. The molecule has 122 valence electrons. The molecule has 1 heterocycles. The fraction of sp³-hybridized carbons (Fsp3) is 0.412. The van der Waals surface area contributed by atoms with E-state index < -0.39 is 6.10 Å². The Morgan fingerprint density at radius 1 is 1.39 bits per heavy atom. The number of nitrogens with one attached hydrogen (secondary N) is 1. The Kier molecular flexibility index (Phi) is 4.87. The number of halogens is 1. The molecule has 0 saturated carbocycles. The summed E-state index contributed by atoms with van der Waals surface area (Å²) in [4.78, 5) is 18.1. The number of carbonyl (C=O) groups is 1. The molecule has 0 unspecified atom stereocenters. The summed E-state index contributed by atoms with van der Waals surface area (Å²) in [7, 11) is 0. The zero-order valence-electron chi connectivity index (χ0n) is 13.2. The second-order valence-electron chi connectivity index (χ2n) is 5.76. The van der Waals surface area contributed by atoms with Crippen molar-refractivity contribution in [3.8, 4) is 5.75 Å². The Labute approximate surface area is 144 Å². The quantitative estimate of drug-likeness (QED) is 0.889. The van der Waals surface area contributed by atoms with Crippen LogP contribution in [0.3, 0.4) is 0 Å². The Hall–Kier alpha value is -1.59. The molecule has 1 atom stereocenters. The lowest BCUT2D eigenvalue weighted by molar-refractivity contribution is -0.122. The molecule has 1 N–H and O–H groups in total. The molecule has 4 nitrogen and oxygen atoms in total. The number of thiazole rings is 1. The number of aromatic nitrogens is 1. The van der Waals surface area contributed by atoms with Crippen molar-refractivity contribution in [2.75, 3.05) is 5.32 Å². The molecule has 1 aliphatic rings. The largest absolute Gasteiger partial charge is 0.481 e. The van der Waals surface area contributed by atoms with Gasteiger partial charge in [-0.3, -0.25) is 10.1 Å². The van der Waals surface area contributed by atoms with Gasteiger partial charge >= 0.3 is 0 Å². The number of benzene rings is 1. The van der Waals surface area contributed by atoms with Crippen molar-refractivity contribution in [3.63, 3.8) is 0 Å². The average molecular weight is 351 g/mol. The van der Waals surface area contributed by atoms with Gasteiger partial charge in [0.15, 0.2) is 11.2 Å². The number of hydrogen-bond acceptors (Lipinski definition) is 4. The molecule has 6 heteroatoms. The van der Waals surface area contributed by atoms with E-state index in [0.717, 1.165) is 24.1 Å². The van der Waals surface area contributed by atoms with E-state index in [9.17, 15) is 4.79 Å². The maximum atomic E-state index is 12.3. The van der Waals surface area contributed by atoms with Crippen molar-refractivity contribution in [1.82, 2.24) is 4.98 Å². The highest BCUT2D eigenvalue weighted by atomic mass is 35.5. The number of carbonyl (C=O) groups excluding carboxylic acids is 1. The molecular weight excluding hydrogens is 332 g/mol. The number of amides is 1. The summed E-state index contributed by atoms with van der Waals surface area (Å²) in [6, 6.07) is 5.35. The number of anilines is 1. The van der Waals surface area contributed by atoms with Crippen molar-refractivity contribution in [1.29, 1.82) is 0 Å². The molecular formula is C17H19ClN2O2S. The van der Waals surface area contributed by atoms with E-state index in [0.29, 0.717) is 15.9 Å². The molecule has 0 bridgehead atoms. The molecule has 3 rings (SSSR count). The van der Waals surface area contributed by atoms with Gasteiger partial charge in [-0.15, -0.1) is 11.3 Å². The molecule has 1 amide bonds. The van der Waals surface area contributed by atoms with Gasteiger partial charge in [-0.1, -0.05) is 11.6 Å². The van der Waals surface area contributed by atoms with Crippen molar-refractivity contribution in [3.05, 3.63) is 39.4 Å². The van der Waals surface area contributed by atoms with Gasteiger partial charge in [0, 0.05) is 9.90 Å². The lowest BCUT2D eigenvalue weighted by atomic mass is 10.0. The van der Waals surface area contributed by atoms with E-state index in [-0.39, 0.29) is 5.91 Å². The van der Waals surface area contributed by atoms with Crippen LogP contribution in [0.25, 0.3) is 0 Å². The molecule has 0 aliphatic heterocycles. The third-order valence-corrected chi connectivity index (χ3v) is 5.19. The molecule has 1 aromatic heterocycles. The Balaban J connectivity index is 1.64. The zero-order chi connectivity index (χ0) is 16.4. The predicted molar refractivity (Wildman–Crippen MR) is 93.7 cm³/mol. The second kappa shape index (κ2) is 6.89. The fourth-order valence-electron chi connectivity index (χ4n) is 2.60. The summed E-state index contributed by atoms with van der Waals surface area (Å²) >= 11 is 7.51. The summed E-state index contributed by atoms with van der Waals surface area (Å²) in [5.74, 6) is 0.473. The van der Waals surface area contributed by atoms with E-state index in [4.69, 9.17) is 16.3 Å². The highest BCUT2D eigenvalue weighted by molar-refractivity contribution is 7.15. The number of fused-ring (bicyclic) bond motifs is 1. The van der Waals surface area contributed by atoms with Gasteiger partial charge in [0.2, 0.25) is 0 Å². The van der Waals surface area contributed by atoms with Gasteiger partial charge in [-0.25, -0.2) is 4.98 Å². The second-order valence-corrected chi connectivity index (χ2v) is 7.28. The minimum absolute atomic E-state index is 0.189. The topological polar surface area (TPSA) is 51.2 Å². The summed E-state index contributed by atoms with van der Waals surface area (Å²) in [5, 5.41) is 4.19. The predicted octanol–water partition coefficient (Wildman–Crippen LogP) is 4.39. The highest BCUT2D eigenvalue weighted by Gasteiger charge is 2.20. The molecule has 0 fully saturated rings. The zero-order valence-corrected chi connectivity index (χ0v) is 14.8. The molecule has 0 spiro atoms. The van der Waals surface area contributed by atoms with Gasteiger partial charge in [0.25, 0.3) is 5.91 Å². The molecule has 1 aromatic carbocycles. The standard InChI is InChI=1S/C17H19ClN2O2S/c1-10-9-12(18)7-8-14(10)22-11(2)16(21)20-17-19-13-5-3-4-6-15(13)23-17/h7-9,11H,3-6H2,1-2H3,(H,19,20,21)/t11-/m0/s1. The summed E-state index contributed by atoms with van der Waals surface area (Å²) in [6.07, 6.45) is 3.87. The van der Waals surface area contributed by atoms with Crippen LogP contribution >= 0.6 is 22.9 Å².